The molecule has 0 spiro atoms. The summed E-state index contributed by atoms with van der Waals surface area (Å²) in [7, 11) is 1.78. The first-order chi connectivity index (χ1) is 9.76. The SMILES string of the molecule is C/C=C\C=C(/C/C=C\C=NC)NCC1CCC(N)CC1. The number of aliphatic imine (C=N–C) groups is 1. The summed E-state index contributed by atoms with van der Waals surface area (Å²) in [6.07, 6.45) is 18.0. The van der Waals surface area contributed by atoms with Gasteiger partial charge in [0.15, 0.2) is 0 Å². The minimum Gasteiger partial charge on any atom is -0.388 e. The molecule has 0 aliphatic heterocycles. The summed E-state index contributed by atoms with van der Waals surface area (Å²) in [5.41, 5.74) is 7.21. The molecule has 20 heavy (non-hydrogen) atoms. The van der Waals surface area contributed by atoms with E-state index in [1.165, 1.54) is 31.4 Å². The highest BCUT2D eigenvalue weighted by atomic mass is 14.9. The van der Waals surface area contributed by atoms with Gasteiger partial charge in [-0.25, -0.2) is 0 Å². The van der Waals surface area contributed by atoms with E-state index in [0.717, 1.165) is 18.9 Å². The van der Waals surface area contributed by atoms with Crippen molar-refractivity contribution in [1.82, 2.24) is 5.32 Å². The molecule has 1 saturated carbocycles. The summed E-state index contributed by atoms with van der Waals surface area (Å²) in [5, 5.41) is 3.59. The second-order valence-electron chi connectivity index (χ2n) is 5.42. The van der Waals surface area contributed by atoms with Gasteiger partial charge in [-0.15, -0.1) is 0 Å². The molecule has 0 radical (unpaired) electrons. The van der Waals surface area contributed by atoms with Crippen LogP contribution in [-0.4, -0.2) is 25.8 Å². The van der Waals surface area contributed by atoms with Crippen molar-refractivity contribution in [3.63, 3.8) is 0 Å². The van der Waals surface area contributed by atoms with E-state index in [0.29, 0.717) is 6.04 Å². The number of hydrogen-bond donors (Lipinski definition) is 2. The van der Waals surface area contributed by atoms with E-state index >= 15 is 0 Å². The molecule has 0 atom stereocenters. The predicted molar refractivity (Wildman–Crippen MR) is 89.0 cm³/mol. The number of rotatable bonds is 7. The van der Waals surface area contributed by atoms with E-state index in [1.807, 2.05) is 19.2 Å². The first-order valence-corrected chi connectivity index (χ1v) is 7.64. The zero-order chi connectivity index (χ0) is 14.6. The third-order valence-electron chi connectivity index (χ3n) is 3.71. The van der Waals surface area contributed by atoms with Crippen molar-refractivity contribution in [2.75, 3.05) is 13.6 Å². The van der Waals surface area contributed by atoms with Gasteiger partial charge in [0.25, 0.3) is 0 Å². The maximum absolute atomic E-state index is 5.95. The minimum absolute atomic E-state index is 0.431. The first-order valence-electron chi connectivity index (χ1n) is 7.64. The van der Waals surface area contributed by atoms with E-state index < -0.39 is 0 Å². The molecule has 0 saturated heterocycles. The molecule has 0 heterocycles. The van der Waals surface area contributed by atoms with Gasteiger partial charge in [0.2, 0.25) is 0 Å². The van der Waals surface area contributed by atoms with Crippen LogP contribution in [0.4, 0.5) is 0 Å². The van der Waals surface area contributed by atoms with Crippen molar-refractivity contribution in [3.8, 4) is 0 Å². The number of hydrogen-bond acceptors (Lipinski definition) is 3. The molecular formula is C17H29N3. The Labute approximate surface area is 123 Å². The zero-order valence-electron chi connectivity index (χ0n) is 12.9. The molecule has 3 nitrogen and oxygen atoms in total. The number of allylic oxidation sites excluding steroid dienone is 5. The van der Waals surface area contributed by atoms with Gasteiger partial charge in [-0.1, -0.05) is 18.2 Å². The third-order valence-corrected chi connectivity index (χ3v) is 3.71. The fraction of sp³-hybridized carbons (Fsp3) is 0.588. The Hall–Kier alpha value is -1.35. The van der Waals surface area contributed by atoms with Gasteiger partial charge >= 0.3 is 0 Å². The summed E-state index contributed by atoms with van der Waals surface area (Å²) in [6.45, 7) is 3.10. The van der Waals surface area contributed by atoms with Crippen LogP contribution in [-0.2, 0) is 0 Å². The van der Waals surface area contributed by atoms with Crippen LogP contribution in [0, 0.1) is 5.92 Å². The van der Waals surface area contributed by atoms with Crippen LogP contribution in [0.3, 0.4) is 0 Å². The first kappa shape index (κ1) is 16.7. The quantitative estimate of drug-likeness (QED) is 0.554. The molecular weight excluding hydrogens is 246 g/mol. The summed E-state index contributed by atoms with van der Waals surface area (Å²) in [5.74, 6) is 0.769. The standard InChI is InChI=1S/C17H29N3/c1-3-4-7-17(8-5-6-13-19-2)20-14-15-9-11-16(18)12-10-15/h3-7,13,15-16,20H,8-12,14,18H2,1-2H3/b4-3-,6-5-,17-7+,19-13?. The average molecular weight is 275 g/mol. The summed E-state index contributed by atoms with van der Waals surface area (Å²) < 4.78 is 0. The van der Waals surface area contributed by atoms with Gasteiger partial charge in [-0.2, -0.15) is 0 Å². The van der Waals surface area contributed by atoms with E-state index in [1.54, 1.807) is 7.05 Å². The van der Waals surface area contributed by atoms with E-state index in [9.17, 15) is 0 Å². The molecule has 0 unspecified atom stereocenters. The monoisotopic (exact) mass is 275 g/mol. The minimum atomic E-state index is 0.431. The molecule has 3 N–H and O–H groups in total. The fourth-order valence-corrected chi connectivity index (χ4v) is 2.42. The van der Waals surface area contributed by atoms with Crippen molar-refractivity contribution in [3.05, 3.63) is 36.1 Å². The Morgan fingerprint density at radius 3 is 2.65 bits per heavy atom. The Kier molecular flexibility index (Phi) is 8.72. The molecule has 3 heteroatoms. The molecule has 0 aromatic heterocycles. The van der Waals surface area contributed by atoms with Crippen LogP contribution in [0.15, 0.2) is 41.1 Å². The van der Waals surface area contributed by atoms with E-state index in [2.05, 4.69) is 34.6 Å². The van der Waals surface area contributed by atoms with E-state index in [-0.39, 0.29) is 0 Å². The van der Waals surface area contributed by atoms with Crippen LogP contribution in [0.5, 0.6) is 0 Å². The van der Waals surface area contributed by atoms with Crippen LogP contribution in [0.2, 0.25) is 0 Å². The molecule has 0 amide bonds. The highest BCUT2D eigenvalue weighted by molar-refractivity contribution is 5.70. The second-order valence-corrected chi connectivity index (χ2v) is 5.42. The molecule has 0 aromatic carbocycles. The maximum Gasteiger partial charge on any atom is 0.0277 e. The Morgan fingerprint density at radius 1 is 1.25 bits per heavy atom. The molecule has 1 aliphatic carbocycles. The molecule has 1 fully saturated rings. The smallest absolute Gasteiger partial charge is 0.0277 e. The topological polar surface area (TPSA) is 50.4 Å². The lowest BCUT2D eigenvalue weighted by molar-refractivity contribution is 0.320. The fourth-order valence-electron chi connectivity index (χ4n) is 2.42. The Bertz CT molecular complexity index is 358. The second kappa shape index (κ2) is 10.4. The lowest BCUT2D eigenvalue weighted by Crippen LogP contribution is -2.31. The third kappa shape index (κ3) is 7.29. The summed E-state index contributed by atoms with van der Waals surface area (Å²) in [6, 6.07) is 0.431. The summed E-state index contributed by atoms with van der Waals surface area (Å²) >= 11 is 0. The van der Waals surface area contributed by atoms with Gasteiger partial charge < -0.3 is 11.1 Å². The van der Waals surface area contributed by atoms with Crippen molar-refractivity contribution < 1.29 is 0 Å². The van der Waals surface area contributed by atoms with Gasteiger partial charge in [0, 0.05) is 38.0 Å². The zero-order valence-corrected chi connectivity index (χ0v) is 12.9. The predicted octanol–water partition coefficient (Wildman–Crippen LogP) is 3.20. The van der Waals surface area contributed by atoms with Crippen molar-refractivity contribution >= 4 is 6.21 Å². The van der Waals surface area contributed by atoms with Crippen molar-refractivity contribution in [1.29, 1.82) is 0 Å². The lowest BCUT2D eigenvalue weighted by atomic mass is 9.86. The molecule has 112 valence electrons. The number of nitrogens with one attached hydrogen (secondary N) is 1. The maximum atomic E-state index is 5.95. The molecule has 0 aromatic rings. The molecule has 1 rings (SSSR count). The van der Waals surface area contributed by atoms with Gasteiger partial charge in [0.05, 0.1) is 0 Å². The van der Waals surface area contributed by atoms with Gasteiger partial charge in [-0.3, -0.25) is 4.99 Å². The van der Waals surface area contributed by atoms with Crippen molar-refractivity contribution in [2.24, 2.45) is 16.6 Å². The molecule has 0 bridgehead atoms. The van der Waals surface area contributed by atoms with Gasteiger partial charge in [-0.05, 0) is 50.7 Å². The Balaban J connectivity index is 2.40. The van der Waals surface area contributed by atoms with Crippen molar-refractivity contribution in [2.45, 2.75) is 45.1 Å². The van der Waals surface area contributed by atoms with Crippen LogP contribution in [0.25, 0.3) is 0 Å². The lowest BCUT2D eigenvalue weighted by Gasteiger charge is -2.26. The van der Waals surface area contributed by atoms with Crippen LogP contribution >= 0.6 is 0 Å². The normalized spacial score (nSPS) is 25.1. The highest BCUT2D eigenvalue weighted by Crippen LogP contribution is 2.22. The molecule has 1 aliphatic rings. The number of nitrogens with two attached hydrogens (primary N) is 1. The largest absolute Gasteiger partial charge is 0.388 e. The number of nitrogens with zero attached hydrogens (tertiary/aromatic N) is 1. The van der Waals surface area contributed by atoms with E-state index in [4.69, 9.17) is 5.73 Å². The highest BCUT2D eigenvalue weighted by Gasteiger charge is 2.18. The Morgan fingerprint density at radius 2 is 2.00 bits per heavy atom. The average Bonchev–Trinajstić information content (AvgIpc) is 2.47. The summed E-state index contributed by atoms with van der Waals surface area (Å²) in [4.78, 5) is 3.94. The van der Waals surface area contributed by atoms with Crippen LogP contribution in [0.1, 0.15) is 39.0 Å². The van der Waals surface area contributed by atoms with Gasteiger partial charge in [0.1, 0.15) is 0 Å². The van der Waals surface area contributed by atoms with Crippen LogP contribution < -0.4 is 11.1 Å².